The highest BCUT2D eigenvalue weighted by Crippen LogP contribution is 2.70. The summed E-state index contributed by atoms with van der Waals surface area (Å²) in [6.07, 6.45) is 7.09. The molecule has 4 saturated carbocycles. The van der Waals surface area contributed by atoms with Gasteiger partial charge in [0.25, 0.3) is 0 Å². The highest BCUT2D eigenvalue weighted by atomic mass is 14.6. The number of rotatable bonds is 2. The Balaban J connectivity index is 1.23. The SMILES string of the molecule is c1ccc(-c2c3ccccc3c(-c3ccc4c(c3)C3(c5ccc6ccccc6c5-4)C4CC5CC(C4)CC3C5)c3ccccc23)cc1. The fourth-order valence-electron chi connectivity index (χ4n) is 11.5. The summed E-state index contributed by atoms with van der Waals surface area (Å²) >= 11 is 0. The standard InChI is InChI=1S/C46H36/c1-2-11-31(12-3-1)43-36-14-6-8-16-38(36)44(39-17-9-7-15-37(39)43)32-18-20-40-42(27-32)46(33-23-28-22-29(25-33)26-34(46)24-28)41-21-19-30-10-4-5-13-35(30)45(40)41/h1-21,27-29,33-34H,22-26H2. The summed E-state index contributed by atoms with van der Waals surface area (Å²) in [5.41, 5.74) is 11.8. The summed E-state index contributed by atoms with van der Waals surface area (Å²) in [5.74, 6) is 3.36. The van der Waals surface area contributed by atoms with Gasteiger partial charge >= 0.3 is 0 Å². The average molecular weight is 589 g/mol. The second kappa shape index (κ2) is 9.20. The molecule has 0 radical (unpaired) electrons. The Morgan fingerprint density at radius 3 is 1.57 bits per heavy atom. The van der Waals surface area contributed by atoms with E-state index in [1.165, 1.54) is 97.8 Å². The van der Waals surface area contributed by atoms with E-state index in [2.05, 4.69) is 133 Å². The van der Waals surface area contributed by atoms with Crippen LogP contribution in [0.25, 0.3) is 65.7 Å². The van der Waals surface area contributed by atoms with Crippen molar-refractivity contribution in [1.29, 1.82) is 0 Å². The molecule has 46 heavy (non-hydrogen) atoms. The molecule has 7 aromatic carbocycles. The van der Waals surface area contributed by atoms with Gasteiger partial charge in [-0.05, 0) is 139 Å². The molecule has 1 spiro atoms. The first kappa shape index (κ1) is 25.5. The first-order chi connectivity index (χ1) is 22.8. The lowest BCUT2D eigenvalue weighted by molar-refractivity contribution is -0.0399. The van der Waals surface area contributed by atoms with Crippen LogP contribution in [0.15, 0.2) is 133 Å². The maximum Gasteiger partial charge on any atom is 0.0272 e. The van der Waals surface area contributed by atoms with Gasteiger partial charge in [0.05, 0.1) is 0 Å². The van der Waals surface area contributed by atoms with E-state index in [0.29, 0.717) is 0 Å². The molecule has 0 nitrogen and oxygen atoms in total. The van der Waals surface area contributed by atoms with Crippen molar-refractivity contribution in [3.63, 3.8) is 0 Å². The van der Waals surface area contributed by atoms with Gasteiger partial charge in [0, 0.05) is 5.41 Å². The number of hydrogen-bond donors (Lipinski definition) is 0. The Hall–Kier alpha value is -4.68. The van der Waals surface area contributed by atoms with Crippen LogP contribution in [0.5, 0.6) is 0 Å². The lowest BCUT2D eigenvalue weighted by atomic mass is 9.43. The van der Waals surface area contributed by atoms with Crippen LogP contribution in [-0.4, -0.2) is 0 Å². The number of benzene rings is 7. The second-order valence-electron chi connectivity index (χ2n) is 14.9. The van der Waals surface area contributed by atoms with Gasteiger partial charge in [-0.2, -0.15) is 0 Å². The zero-order chi connectivity index (χ0) is 30.0. The highest BCUT2D eigenvalue weighted by molar-refractivity contribution is 6.21. The van der Waals surface area contributed by atoms with E-state index in [9.17, 15) is 0 Å². The summed E-state index contributed by atoms with van der Waals surface area (Å²) in [7, 11) is 0. The van der Waals surface area contributed by atoms with Crippen molar-refractivity contribution in [3.8, 4) is 33.4 Å². The number of fused-ring (bicyclic) bond motifs is 7. The third kappa shape index (κ3) is 3.20. The van der Waals surface area contributed by atoms with E-state index in [1.807, 2.05) is 0 Å². The van der Waals surface area contributed by atoms with Crippen LogP contribution in [0.1, 0.15) is 43.2 Å². The molecule has 0 heteroatoms. The zero-order valence-electron chi connectivity index (χ0n) is 26.0. The van der Waals surface area contributed by atoms with Gasteiger partial charge in [-0.3, -0.25) is 0 Å². The lowest BCUT2D eigenvalue weighted by Crippen LogP contribution is -2.55. The third-order valence-corrected chi connectivity index (χ3v) is 12.8. The van der Waals surface area contributed by atoms with E-state index in [4.69, 9.17) is 0 Å². The van der Waals surface area contributed by atoms with Gasteiger partial charge in [-0.25, -0.2) is 0 Å². The van der Waals surface area contributed by atoms with E-state index in [0.717, 1.165) is 23.7 Å². The topological polar surface area (TPSA) is 0 Å². The van der Waals surface area contributed by atoms with Gasteiger partial charge in [0.2, 0.25) is 0 Å². The molecule has 4 fully saturated rings. The molecule has 0 unspecified atom stereocenters. The van der Waals surface area contributed by atoms with Gasteiger partial charge < -0.3 is 0 Å². The summed E-state index contributed by atoms with van der Waals surface area (Å²) in [6.45, 7) is 0. The summed E-state index contributed by atoms with van der Waals surface area (Å²) in [5, 5.41) is 8.16. The fourth-order valence-corrected chi connectivity index (χ4v) is 11.5. The molecule has 5 aliphatic carbocycles. The molecule has 0 heterocycles. The van der Waals surface area contributed by atoms with Crippen LogP contribution >= 0.6 is 0 Å². The highest BCUT2D eigenvalue weighted by Gasteiger charge is 2.61. The zero-order valence-corrected chi connectivity index (χ0v) is 26.0. The minimum Gasteiger partial charge on any atom is -0.0622 e. The minimum atomic E-state index is 0.133. The van der Waals surface area contributed by atoms with Crippen molar-refractivity contribution in [2.75, 3.05) is 0 Å². The molecule has 0 atom stereocenters. The smallest absolute Gasteiger partial charge is 0.0272 e. The van der Waals surface area contributed by atoms with Crippen LogP contribution in [0.2, 0.25) is 0 Å². The summed E-state index contributed by atoms with van der Waals surface area (Å²) in [4.78, 5) is 0. The Morgan fingerprint density at radius 1 is 0.391 bits per heavy atom. The fraction of sp³-hybridized carbons (Fsp3) is 0.217. The van der Waals surface area contributed by atoms with Crippen LogP contribution in [0.4, 0.5) is 0 Å². The molecular weight excluding hydrogens is 553 g/mol. The normalized spacial score (nSPS) is 25.5. The summed E-state index contributed by atoms with van der Waals surface area (Å²) < 4.78 is 0. The molecule has 5 aliphatic rings. The Kier molecular flexibility index (Phi) is 5.10. The van der Waals surface area contributed by atoms with E-state index in [1.54, 1.807) is 11.1 Å². The molecule has 0 N–H and O–H groups in total. The van der Waals surface area contributed by atoms with Gasteiger partial charge in [0.15, 0.2) is 0 Å². The van der Waals surface area contributed by atoms with Crippen LogP contribution < -0.4 is 0 Å². The molecule has 12 rings (SSSR count). The predicted octanol–water partition coefficient (Wildman–Crippen LogP) is 12.2. The minimum absolute atomic E-state index is 0.133. The maximum absolute atomic E-state index is 2.68. The monoisotopic (exact) mass is 588 g/mol. The molecule has 220 valence electrons. The lowest BCUT2D eigenvalue weighted by Gasteiger charge is -2.61. The Labute approximate surface area is 270 Å². The van der Waals surface area contributed by atoms with E-state index >= 15 is 0 Å². The first-order valence-corrected chi connectivity index (χ1v) is 17.5. The van der Waals surface area contributed by atoms with Crippen molar-refractivity contribution in [1.82, 2.24) is 0 Å². The van der Waals surface area contributed by atoms with Gasteiger partial charge in [-0.1, -0.05) is 127 Å². The molecule has 4 bridgehead atoms. The van der Waals surface area contributed by atoms with Crippen LogP contribution in [0, 0.1) is 23.7 Å². The predicted molar refractivity (Wildman–Crippen MR) is 193 cm³/mol. The molecular formula is C46H36. The van der Waals surface area contributed by atoms with E-state index in [-0.39, 0.29) is 5.41 Å². The van der Waals surface area contributed by atoms with Gasteiger partial charge in [-0.15, -0.1) is 0 Å². The Morgan fingerprint density at radius 2 is 0.935 bits per heavy atom. The average Bonchev–Trinajstić information content (AvgIpc) is 3.40. The van der Waals surface area contributed by atoms with Crippen LogP contribution in [-0.2, 0) is 5.41 Å². The van der Waals surface area contributed by atoms with Crippen molar-refractivity contribution in [2.45, 2.75) is 37.5 Å². The molecule has 7 aromatic rings. The van der Waals surface area contributed by atoms with Crippen molar-refractivity contribution >= 4 is 32.3 Å². The molecule has 0 aromatic heterocycles. The third-order valence-electron chi connectivity index (χ3n) is 12.8. The van der Waals surface area contributed by atoms with E-state index < -0.39 is 0 Å². The summed E-state index contributed by atoms with van der Waals surface area (Å²) in [6, 6.07) is 51.0. The second-order valence-corrected chi connectivity index (χ2v) is 14.9. The van der Waals surface area contributed by atoms with Crippen molar-refractivity contribution in [3.05, 3.63) is 145 Å². The largest absolute Gasteiger partial charge is 0.0622 e. The molecule has 0 amide bonds. The number of hydrogen-bond acceptors (Lipinski definition) is 0. The molecule has 0 saturated heterocycles. The van der Waals surface area contributed by atoms with Crippen molar-refractivity contribution < 1.29 is 0 Å². The first-order valence-electron chi connectivity index (χ1n) is 17.5. The van der Waals surface area contributed by atoms with Gasteiger partial charge in [0.1, 0.15) is 0 Å². The quantitative estimate of drug-likeness (QED) is 0.176. The van der Waals surface area contributed by atoms with Crippen molar-refractivity contribution in [2.24, 2.45) is 23.7 Å². The maximum atomic E-state index is 2.68. The Bertz CT molecular complexity index is 2290. The van der Waals surface area contributed by atoms with Crippen LogP contribution in [0.3, 0.4) is 0 Å². The molecule has 0 aliphatic heterocycles.